The van der Waals surface area contributed by atoms with E-state index in [2.05, 4.69) is 5.10 Å². The minimum Gasteiger partial charge on any atom is -0.490 e. The van der Waals surface area contributed by atoms with E-state index in [1.54, 1.807) is 12.1 Å². The lowest BCUT2D eigenvalue weighted by atomic mass is 10.1. The number of benzene rings is 3. The fraction of sp³-hybridized carbons (Fsp3) is 0.182. The van der Waals surface area contributed by atoms with Crippen LogP contribution in [-0.2, 0) is 19.3 Å². The third-order valence-corrected chi connectivity index (χ3v) is 6.56. The highest BCUT2D eigenvalue weighted by atomic mass is 19.4. The minimum absolute atomic E-state index is 0.112. The van der Waals surface area contributed by atoms with Crippen molar-refractivity contribution >= 4 is 16.7 Å². The highest BCUT2D eigenvalue weighted by molar-refractivity contribution is 6.01. The molecule has 0 aliphatic rings. The second-order valence-electron chi connectivity index (χ2n) is 9.69. The predicted molar refractivity (Wildman–Crippen MR) is 162 cm³/mol. The molecule has 6 nitrogen and oxygen atoms in total. The zero-order valence-corrected chi connectivity index (χ0v) is 23.8. The zero-order valence-electron chi connectivity index (χ0n) is 23.8. The van der Waals surface area contributed by atoms with E-state index in [1.807, 2.05) is 84.3 Å². The first-order valence-electron chi connectivity index (χ1n) is 13.5. The number of hydrazone groups is 1. The maximum absolute atomic E-state index is 13.2. The maximum atomic E-state index is 13.2. The van der Waals surface area contributed by atoms with Gasteiger partial charge in [0.1, 0.15) is 24.7 Å². The highest BCUT2D eigenvalue weighted by Crippen LogP contribution is 2.35. The van der Waals surface area contributed by atoms with Gasteiger partial charge < -0.3 is 25.6 Å². The monoisotopic (exact) mass is 610 g/mol. The van der Waals surface area contributed by atoms with Crippen LogP contribution < -0.4 is 21.1 Å². The van der Waals surface area contributed by atoms with E-state index in [0.29, 0.717) is 42.3 Å². The molecule has 1 aromatic heterocycles. The van der Waals surface area contributed by atoms with Gasteiger partial charge in [-0.1, -0.05) is 54.6 Å². The molecule has 4 aromatic rings. The number of halogens is 5. The molecule has 0 unspecified atom stereocenters. The van der Waals surface area contributed by atoms with Crippen LogP contribution >= 0.6 is 0 Å². The number of rotatable bonds is 12. The summed E-state index contributed by atoms with van der Waals surface area (Å²) in [6.45, 7) is 2.63. The Bertz CT molecular complexity index is 1690. The van der Waals surface area contributed by atoms with Gasteiger partial charge in [-0.05, 0) is 66.6 Å². The average molecular weight is 611 g/mol. The summed E-state index contributed by atoms with van der Waals surface area (Å²) in [6, 6.07) is 16.7. The van der Waals surface area contributed by atoms with E-state index < -0.39 is 23.7 Å². The summed E-state index contributed by atoms with van der Waals surface area (Å²) in [4.78, 5) is 0. The molecule has 0 spiro atoms. The number of amidine groups is 1. The molecule has 0 atom stereocenters. The maximum Gasteiger partial charge on any atom is 0.416 e. The number of fused-ring (bicyclic) bond motifs is 1. The van der Waals surface area contributed by atoms with Crippen LogP contribution in [-0.4, -0.2) is 17.0 Å². The Hall–Kier alpha value is -5.06. The molecular formula is C33H31F5N4O2. The van der Waals surface area contributed by atoms with Crippen molar-refractivity contribution in [3.8, 4) is 11.5 Å². The first-order valence-corrected chi connectivity index (χ1v) is 13.5. The molecule has 11 heteroatoms. The largest absolute Gasteiger partial charge is 0.490 e. The van der Waals surface area contributed by atoms with E-state index in [-0.39, 0.29) is 18.2 Å². The van der Waals surface area contributed by atoms with Crippen molar-refractivity contribution < 1.29 is 31.4 Å². The fourth-order valence-corrected chi connectivity index (χ4v) is 4.39. The van der Waals surface area contributed by atoms with Gasteiger partial charge in [0.2, 0.25) is 0 Å². The summed E-state index contributed by atoms with van der Waals surface area (Å²) < 4.78 is 79.0. The fourth-order valence-electron chi connectivity index (χ4n) is 4.39. The standard InChI is InChI=1S/C33H31F5N4O2/c1-2-3-4-5-6-7-14-43-27-12-13-29-24(16-27)18-30(32(39)41-40)42(29)20-22-8-10-23(11-9-22)21-44-28-17-25(31(34)35)15-26(19-28)33(36,37)38/h2-13,15-19,31H,14,20-21,40H2,1H3,(H2,39,41)/b3-2-,5-4-,7-6+. The molecule has 0 saturated carbocycles. The summed E-state index contributed by atoms with van der Waals surface area (Å²) in [5, 5.41) is 4.53. The number of alkyl halides is 5. The molecule has 44 heavy (non-hydrogen) atoms. The van der Waals surface area contributed by atoms with E-state index in [9.17, 15) is 22.0 Å². The van der Waals surface area contributed by atoms with Crippen LogP contribution in [0.25, 0.3) is 10.9 Å². The smallest absolute Gasteiger partial charge is 0.416 e. The topological polar surface area (TPSA) is 87.8 Å². The number of aromatic nitrogens is 1. The Morgan fingerprint density at radius 1 is 0.886 bits per heavy atom. The van der Waals surface area contributed by atoms with Crippen molar-refractivity contribution in [1.82, 2.24) is 4.57 Å². The summed E-state index contributed by atoms with van der Waals surface area (Å²) >= 11 is 0. The van der Waals surface area contributed by atoms with Crippen LogP contribution in [0.15, 0.2) is 108 Å². The molecule has 0 aliphatic carbocycles. The quantitative estimate of drug-likeness (QED) is 0.0427. The minimum atomic E-state index is -4.78. The molecule has 4 rings (SSSR count). The van der Waals surface area contributed by atoms with Crippen molar-refractivity contribution in [2.45, 2.75) is 32.7 Å². The van der Waals surface area contributed by atoms with Gasteiger partial charge in [-0.3, -0.25) is 0 Å². The number of nitrogens with two attached hydrogens (primary N) is 2. The first kappa shape index (κ1) is 31.9. The third-order valence-electron chi connectivity index (χ3n) is 6.56. The summed E-state index contributed by atoms with van der Waals surface area (Å²) in [6.07, 6.45) is 3.66. The van der Waals surface area contributed by atoms with Crippen molar-refractivity contribution in [3.05, 3.63) is 131 Å². The molecule has 0 radical (unpaired) electrons. The Labute approximate surface area is 251 Å². The number of nitrogens with zero attached hydrogens (tertiary/aromatic N) is 2. The number of hydrogen-bond acceptors (Lipinski definition) is 4. The van der Waals surface area contributed by atoms with Gasteiger partial charge in [0, 0.05) is 23.0 Å². The first-order chi connectivity index (χ1) is 21.1. The molecule has 1 heterocycles. The molecule has 3 aromatic carbocycles. The molecule has 4 N–H and O–H groups in total. The van der Waals surface area contributed by atoms with E-state index in [4.69, 9.17) is 21.1 Å². The zero-order chi connectivity index (χ0) is 31.7. The average Bonchev–Trinajstić information content (AvgIpc) is 3.36. The van der Waals surface area contributed by atoms with E-state index in [0.717, 1.165) is 22.5 Å². The van der Waals surface area contributed by atoms with Gasteiger partial charge in [0.25, 0.3) is 6.43 Å². The normalized spacial score (nSPS) is 12.8. The lowest BCUT2D eigenvalue weighted by Gasteiger charge is -2.14. The van der Waals surface area contributed by atoms with E-state index >= 15 is 0 Å². The lowest BCUT2D eigenvalue weighted by molar-refractivity contribution is -0.137. The number of allylic oxidation sites excluding steroid dienone is 5. The Kier molecular flexibility index (Phi) is 10.4. The second kappa shape index (κ2) is 14.4. The Balaban J connectivity index is 1.48. The summed E-state index contributed by atoms with van der Waals surface area (Å²) in [5.74, 6) is 6.03. The predicted octanol–water partition coefficient (Wildman–Crippen LogP) is 7.87. The van der Waals surface area contributed by atoms with Crippen molar-refractivity contribution in [3.63, 3.8) is 0 Å². The molecule has 0 saturated heterocycles. The van der Waals surface area contributed by atoms with Crippen molar-refractivity contribution in [1.29, 1.82) is 0 Å². The third kappa shape index (κ3) is 8.27. The molecular weight excluding hydrogens is 579 g/mol. The molecule has 230 valence electrons. The molecule has 0 aliphatic heterocycles. The van der Waals surface area contributed by atoms with Gasteiger partial charge in [0.05, 0.1) is 11.3 Å². The van der Waals surface area contributed by atoms with Crippen LogP contribution in [0.4, 0.5) is 22.0 Å². The highest BCUT2D eigenvalue weighted by Gasteiger charge is 2.32. The van der Waals surface area contributed by atoms with Gasteiger partial charge in [-0.2, -0.15) is 18.3 Å². The second-order valence-corrected chi connectivity index (χ2v) is 9.69. The van der Waals surface area contributed by atoms with Crippen molar-refractivity contribution in [2.24, 2.45) is 16.7 Å². The van der Waals surface area contributed by atoms with E-state index in [1.165, 1.54) is 0 Å². The molecule has 0 amide bonds. The van der Waals surface area contributed by atoms with Gasteiger partial charge in [-0.25, -0.2) is 8.78 Å². The van der Waals surface area contributed by atoms with Crippen LogP contribution in [0.1, 0.15) is 41.3 Å². The number of hydrogen-bond donors (Lipinski definition) is 2. The van der Waals surface area contributed by atoms with Crippen LogP contribution in [0.2, 0.25) is 0 Å². The molecule has 0 fully saturated rings. The Morgan fingerprint density at radius 2 is 1.61 bits per heavy atom. The van der Waals surface area contributed by atoms with Crippen LogP contribution in [0.3, 0.4) is 0 Å². The van der Waals surface area contributed by atoms with Gasteiger partial charge >= 0.3 is 6.18 Å². The Morgan fingerprint density at radius 3 is 2.30 bits per heavy atom. The van der Waals surface area contributed by atoms with Crippen molar-refractivity contribution in [2.75, 3.05) is 6.61 Å². The van der Waals surface area contributed by atoms with Crippen LogP contribution in [0.5, 0.6) is 11.5 Å². The van der Waals surface area contributed by atoms with Crippen LogP contribution in [0, 0.1) is 0 Å². The molecule has 0 bridgehead atoms. The van der Waals surface area contributed by atoms with Gasteiger partial charge in [0.15, 0.2) is 5.84 Å². The summed E-state index contributed by atoms with van der Waals surface area (Å²) in [7, 11) is 0. The SMILES string of the molecule is C\C=C/C=C\C=C\COc1ccc2c(c1)cc(/C(N)=N/N)n2Cc1ccc(COc2cc(C(F)F)cc(C(F)(F)F)c2)cc1. The summed E-state index contributed by atoms with van der Waals surface area (Å²) in [5.41, 5.74) is 7.15. The lowest BCUT2D eigenvalue weighted by Crippen LogP contribution is -2.20. The number of ether oxygens (including phenoxy) is 2. The van der Waals surface area contributed by atoms with Gasteiger partial charge in [-0.15, -0.1) is 0 Å².